The van der Waals surface area contributed by atoms with Crippen LogP contribution in [0.4, 0.5) is 0 Å². The Morgan fingerprint density at radius 1 is 0.446 bits per heavy atom. The van der Waals surface area contributed by atoms with Crippen molar-refractivity contribution in [1.29, 1.82) is 0 Å². The van der Waals surface area contributed by atoms with Crippen LogP contribution < -0.4 is 0 Å². The van der Waals surface area contributed by atoms with Crippen LogP contribution in [-0.4, -0.2) is 10.3 Å². The number of hydrogen-bond acceptors (Lipinski definition) is 1. The number of nitrogens with zero attached hydrogens (tertiary/aromatic N) is 2. The summed E-state index contributed by atoms with van der Waals surface area (Å²) >= 11 is 0. The first-order valence-corrected chi connectivity index (χ1v) is 22.8. The van der Waals surface area contributed by atoms with Crippen LogP contribution in [0.5, 0.6) is 0 Å². The molecule has 2 nitrogen and oxygen atoms in total. The van der Waals surface area contributed by atoms with Crippen molar-refractivity contribution in [2.24, 2.45) is 10.9 Å². The Labute approximate surface area is 380 Å². The molecule has 1 aliphatic heterocycles. The highest BCUT2D eigenvalue weighted by Crippen LogP contribution is 2.58. The molecule has 0 N–H and O–H groups in total. The standard InChI is InChI=1S/C63H46N2/c1-2-43-38-47(40-59(44-22-8-3-9-23-44)64-62(43)45-24-10-4-11-25-45)53-41-55-51-32-18-20-34-57(51)63(48-26-12-5-13-27-48,49-28-14-6-15-29-49)58(55)42-54(53)46-36-37-61-56(39-46)52-33-19-21-35-60(52)65(61)50-30-16-7-17-31-50/h3-43H,2H2,1H3. The van der Waals surface area contributed by atoms with Gasteiger partial charge in [0, 0.05) is 27.9 Å². The lowest BCUT2D eigenvalue weighted by molar-refractivity contribution is 0.768. The molecule has 0 amide bonds. The lowest BCUT2D eigenvalue weighted by atomic mass is 9.67. The average molecular weight is 831 g/mol. The summed E-state index contributed by atoms with van der Waals surface area (Å²) in [6, 6.07) is 84.5. The zero-order valence-electron chi connectivity index (χ0n) is 36.3. The molecule has 2 heteroatoms. The van der Waals surface area contributed by atoms with Crippen molar-refractivity contribution in [2.45, 2.75) is 18.8 Å². The Kier molecular flexibility index (Phi) is 9.46. The van der Waals surface area contributed by atoms with Gasteiger partial charge in [-0.05, 0) is 116 Å². The second-order valence-electron chi connectivity index (χ2n) is 17.3. The molecule has 2 aliphatic rings. The van der Waals surface area contributed by atoms with E-state index >= 15 is 0 Å². The Bertz CT molecular complexity index is 3450. The Morgan fingerprint density at radius 3 is 1.72 bits per heavy atom. The van der Waals surface area contributed by atoms with Gasteiger partial charge in [-0.2, -0.15) is 0 Å². The molecule has 0 saturated heterocycles. The molecule has 1 aromatic heterocycles. The van der Waals surface area contributed by atoms with Crippen molar-refractivity contribution in [2.75, 3.05) is 0 Å². The normalized spacial score (nSPS) is 15.2. The summed E-state index contributed by atoms with van der Waals surface area (Å²) in [5.74, 6) is 0.0808. The van der Waals surface area contributed by atoms with Gasteiger partial charge >= 0.3 is 0 Å². The highest BCUT2D eigenvalue weighted by Gasteiger charge is 2.46. The average Bonchev–Trinajstić information content (AvgIpc) is 3.78. The van der Waals surface area contributed by atoms with Gasteiger partial charge in [0.1, 0.15) is 0 Å². The number of para-hydroxylation sites is 2. The predicted octanol–water partition coefficient (Wildman–Crippen LogP) is 15.8. The maximum atomic E-state index is 5.59. The minimum atomic E-state index is -0.548. The number of benzene rings is 9. The molecule has 1 unspecified atom stereocenters. The summed E-state index contributed by atoms with van der Waals surface area (Å²) in [6.07, 6.45) is 5.75. The van der Waals surface area contributed by atoms with Crippen molar-refractivity contribution in [3.8, 4) is 27.9 Å². The molecule has 0 bridgehead atoms. The van der Waals surface area contributed by atoms with E-state index in [4.69, 9.17) is 4.99 Å². The van der Waals surface area contributed by atoms with Crippen molar-refractivity contribution < 1.29 is 0 Å². The van der Waals surface area contributed by atoms with Gasteiger partial charge in [-0.1, -0.05) is 201 Å². The van der Waals surface area contributed by atoms with Crippen molar-refractivity contribution in [3.05, 3.63) is 282 Å². The molecule has 0 saturated carbocycles. The van der Waals surface area contributed by atoms with E-state index < -0.39 is 5.41 Å². The molecular formula is C63H46N2. The summed E-state index contributed by atoms with van der Waals surface area (Å²) < 4.78 is 2.40. The van der Waals surface area contributed by atoms with Crippen molar-refractivity contribution in [3.63, 3.8) is 0 Å². The molecular weight excluding hydrogens is 785 g/mol. The summed E-state index contributed by atoms with van der Waals surface area (Å²) in [7, 11) is 0. The minimum absolute atomic E-state index is 0.0808. The molecule has 12 rings (SSSR count). The zero-order valence-corrected chi connectivity index (χ0v) is 36.3. The first-order chi connectivity index (χ1) is 32.2. The monoisotopic (exact) mass is 830 g/mol. The quantitative estimate of drug-likeness (QED) is 0.145. The molecule has 65 heavy (non-hydrogen) atoms. The van der Waals surface area contributed by atoms with Crippen LogP contribution >= 0.6 is 0 Å². The molecule has 308 valence electrons. The molecule has 2 heterocycles. The van der Waals surface area contributed by atoms with E-state index in [9.17, 15) is 0 Å². The smallest absolute Gasteiger partial charge is 0.0713 e. The van der Waals surface area contributed by atoms with Gasteiger partial charge < -0.3 is 4.57 Å². The lowest BCUT2D eigenvalue weighted by Crippen LogP contribution is -2.28. The summed E-state index contributed by atoms with van der Waals surface area (Å²) in [5.41, 5.74) is 19.6. The SMILES string of the molecule is CCC1C=C(c2cc3c(cc2-c2ccc4c(c2)c2ccccc2n4-c2ccccc2)C(c2ccccc2)(c2ccccc2)c2ccccc2-3)C=C(c2ccccc2)N=C1c1ccccc1. The predicted molar refractivity (Wildman–Crippen MR) is 273 cm³/mol. The van der Waals surface area contributed by atoms with E-state index in [1.54, 1.807) is 0 Å². The van der Waals surface area contributed by atoms with Gasteiger partial charge in [0.05, 0.1) is 27.9 Å². The molecule has 1 atom stereocenters. The zero-order chi connectivity index (χ0) is 43.3. The van der Waals surface area contributed by atoms with E-state index in [-0.39, 0.29) is 5.92 Å². The summed E-state index contributed by atoms with van der Waals surface area (Å²) in [5, 5.41) is 2.46. The first kappa shape index (κ1) is 38.6. The van der Waals surface area contributed by atoms with Crippen LogP contribution in [0.15, 0.2) is 248 Å². The Morgan fingerprint density at radius 2 is 1.03 bits per heavy atom. The molecule has 1 aliphatic carbocycles. The van der Waals surface area contributed by atoms with Crippen LogP contribution in [-0.2, 0) is 5.41 Å². The van der Waals surface area contributed by atoms with E-state index in [1.165, 1.54) is 77.5 Å². The van der Waals surface area contributed by atoms with Crippen molar-refractivity contribution in [1.82, 2.24) is 4.57 Å². The molecule has 9 aromatic carbocycles. The maximum absolute atomic E-state index is 5.59. The topological polar surface area (TPSA) is 17.3 Å². The fourth-order valence-corrected chi connectivity index (χ4v) is 10.8. The van der Waals surface area contributed by atoms with Gasteiger partial charge in [-0.3, -0.25) is 4.99 Å². The van der Waals surface area contributed by atoms with Gasteiger partial charge in [0.25, 0.3) is 0 Å². The second kappa shape index (κ2) is 15.9. The summed E-state index contributed by atoms with van der Waals surface area (Å²) in [4.78, 5) is 5.59. The Balaban J connectivity index is 1.19. The third-order valence-electron chi connectivity index (χ3n) is 13.7. The van der Waals surface area contributed by atoms with E-state index in [2.05, 4.69) is 254 Å². The highest BCUT2D eigenvalue weighted by atomic mass is 15.0. The summed E-state index contributed by atoms with van der Waals surface area (Å²) in [6.45, 7) is 2.29. The maximum Gasteiger partial charge on any atom is 0.0713 e. The van der Waals surface area contributed by atoms with E-state index in [0.717, 1.165) is 34.6 Å². The van der Waals surface area contributed by atoms with Gasteiger partial charge in [-0.15, -0.1) is 0 Å². The van der Waals surface area contributed by atoms with Crippen LogP contribution in [0.2, 0.25) is 0 Å². The minimum Gasteiger partial charge on any atom is -0.309 e. The van der Waals surface area contributed by atoms with E-state index in [1.807, 2.05) is 0 Å². The number of fused-ring (bicyclic) bond motifs is 6. The number of allylic oxidation sites excluding steroid dienone is 3. The lowest BCUT2D eigenvalue weighted by Gasteiger charge is -2.34. The first-order valence-electron chi connectivity index (χ1n) is 22.8. The van der Waals surface area contributed by atoms with Gasteiger partial charge in [0.15, 0.2) is 0 Å². The number of aliphatic imine (C=N–C) groups is 1. The van der Waals surface area contributed by atoms with E-state index in [0.29, 0.717) is 0 Å². The van der Waals surface area contributed by atoms with Crippen LogP contribution in [0, 0.1) is 5.92 Å². The number of rotatable bonds is 8. The highest BCUT2D eigenvalue weighted by molar-refractivity contribution is 6.12. The number of hydrogen-bond donors (Lipinski definition) is 0. The molecule has 10 aromatic rings. The third kappa shape index (κ3) is 6.28. The number of aromatic nitrogens is 1. The fourth-order valence-electron chi connectivity index (χ4n) is 10.8. The molecule has 0 radical (unpaired) electrons. The van der Waals surface area contributed by atoms with Crippen molar-refractivity contribution >= 4 is 38.8 Å². The molecule has 0 spiro atoms. The second-order valence-corrected chi connectivity index (χ2v) is 17.3. The fraction of sp³-hybridized carbons (Fsp3) is 0.0635. The van der Waals surface area contributed by atoms with Crippen LogP contribution in [0.25, 0.3) is 61.0 Å². The van der Waals surface area contributed by atoms with Gasteiger partial charge in [0.2, 0.25) is 0 Å². The van der Waals surface area contributed by atoms with Crippen LogP contribution in [0.3, 0.4) is 0 Å². The Hall–Kier alpha value is -8.07. The van der Waals surface area contributed by atoms with Crippen LogP contribution in [0.1, 0.15) is 52.3 Å². The molecule has 0 fully saturated rings. The third-order valence-corrected chi connectivity index (χ3v) is 13.7. The van der Waals surface area contributed by atoms with Gasteiger partial charge in [-0.25, -0.2) is 0 Å². The largest absolute Gasteiger partial charge is 0.309 e.